The van der Waals surface area contributed by atoms with Gasteiger partial charge < -0.3 is 10.5 Å². The van der Waals surface area contributed by atoms with Gasteiger partial charge in [0.2, 0.25) is 0 Å². The maximum atomic E-state index is 10.0. The van der Waals surface area contributed by atoms with Gasteiger partial charge in [-0.3, -0.25) is 0 Å². The van der Waals surface area contributed by atoms with E-state index in [9.17, 15) is 4.79 Å². The molecule has 0 amide bonds. The van der Waals surface area contributed by atoms with Crippen LogP contribution in [0.5, 0.6) is 0 Å². The Hall–Kier alpha value is -0.480. The van der Waals surface area contributed by atoms with Crippen molar-refractivity contribution in [2.45, 2.75) is 6.92 Å². The SMILES string of the molecule is CCOC(=O)C=S.CN. The third kappa shape index (κ3) is 11.2. The predicted molar refractivity (Wildman–Crippen MR) is 40.4 cm³/mol. The van der Waals surface area contributed by atoms with Crippen LogP contribution in [0.2, 0.25) is 0 Å². The third-order valence-corrected chi connectivity index (χ3v) is 0.575. The zero-order chi connectivity index (χ0) is 7.70. The van der Waals surface area contributed by atoms with Crippen molar-refractivity contribution in [3.05, 3.63) is 0 Å². The summed E-state index contributed by atoms with van der Waals surface area (Å²) in [6.45, 7) is 2.13. The molecule has 0 rings (SSSR count). The number of rotatable bonds is 2. The molecule has 0 aliphatic carbocycles. The van der Waals surface area contributed by atoms with Crippen LogP contribution >= 0.6 is 12.2 Å². The Morgan fingerprint density at radius 2 is 2.22 bits per heavy atom. The number of hydrogen-bond acceptors (Lipinski definition) is 4. The van der Waals surface area contributed by atoms with Crippen molar-refractivity contribution < 1.29 is 9.53 Å². The molecule has 0 heterocycles. The molecule has 0 aromatic rings. The van der Waals surface area contributed by atoms with Gasteiger partial charge in [0.05, 0.1) is 12.0 Å². The minimum Gasteiger partial charge on any atom is -0.462 e. The van der Waals surface area contributed by atoms with Gasteiger partial charge in [-0.1, -0.05) is 12.2 Å². The number of hydrogen-bond donors (Lipinski definition) is 1. The molecule has 0 spiro atoms. The minimum atomic E-state index is -0.433. The van der Waals surface area contributed by atoms with Gasteiger partial charge in [0.25, 0.3) is 0 Å². The summed E-state index contributed by atoms with van der Waals surface area (Å²) in [5, 5.41) is 0.976. The van der Waals surface area contributed by atoms with Crippen molar-refractivity contribution >= 4 is 23.6 Å². The summed E-state index contributed by atoms with van der Waals surface area (Å²) < 4.78 is 4.39. The van der Waals surface area contributed by atoms with Gasteiger partial charge in [-0.05, 0) is 14.0 Å². The molecule has 0 aromatic carbocycles. The summed E-state index contributed by atoms with van der Waals surface area (Å²) in [5.74, 6) is -0.433. The molecule has 0 aliphatic heterocycles. The van der Waals surface area contributed by atoms with E-state index < -0.39 is 5.97 Å². The van der Waals surface area contributed by atoms with Gasteiger partial charge in [-0.15, -0.1) is 0 Å². The molecule has 54 valence electrons. The summed E-state index contributed by atoms with van der Waals surface area (Å²) in [5.41, 5.74) is 4.50. The molecule has 0 saturated heterocycles. The Kier molecular flexibility index (Phi) is 13.2. The van der Waals surface area contributed by atoms with Crippen LogP contribution in [0.15, 0.2) is 0 Å². The van der Waals surface area contributed by atoms with Crippen LogP contribution in [0.1, 0.15) is 6.92 Å². The molecule has 3 nitrogen and oxygen atoms in total. The largest absolute Gasteiger partial charge is 0.462 e. The highest BCUT2D eigenvalue weighted by molar-refractivity contribution is 7.80. The van der Waals surface area contributed by atoms with Crippen molar-refractivity contribution in [1.82, 2.24) is 0 Å². The standard InChI is InChI=1S/C4H6O2S.CH5N/c1-2-6-4(5)3-7;1-2/h3H,2H2,1H3;2H2,1H3. The lowest BCUT2D eigenvalue weighted by atomic mass is 10.8. The monoisotopic (exact) mass is 149 g/mol. The highest BCUT2D eigenvalue weighted by Crippen LogP contribution is 1.70. The number of esters is 1. The Bertz CT molecular complexity index is 85.0. The third-order valence-electron chi connectivity index (χ3n) is 0.383. The first-order chi connectivity index (χ1) is 4.31. The number of carbonyl (C=O) groups is 1. The van der Waals surface area contributed by atoms with Gasteiger partial charge in [0, 0.05) is 0 Å². The maximum Gasteiger partial charge on any atom is 0.341 e. The van der Waals surface area contributed by atoms with Crippen LogP contribution in [0.4, 0.5) is 0 Å². The normalized spacial score (nSPS) is 6.56. The topological polar surface area (TPSA) is 52.3 Å². The lowest BCUT2D eigenvalue weighted by molar-refractivity contribution is -0.134. The summed E-state index contributed by atoms with van der Waals surface area (Å²) in [6, 6.07) is 0. The summed E-state index contributed by atoms with van der Waals surface area (Å²) in [6.07, 6.45) is 0. The fourth-order valence-electron chi connectivity index (χ4n) is 0.176. The van der Waals surface area contributed by atoms with Gasteiger partial charge in [-0.2, -0.15) is 0 Å². The Labute approximate surface area is 60.2 Å². The predicted octanol–water partition coefficient (Wildman–Crippen LogP) is 0.124. The summed E-state index contributed by atoms with van der Waals surface area (Å²) in [4.78, 5) is 10.0. The fourth-order valence-corrected chi connectivity index (χ4v) is 0.244. The van der Waals surface area contributed by atoms with Crippen LogP contribution < -0.4 is 5.73 Å². The lowest BCUT2D eigenvalue weighted by Crippen LogP contribution is -2.02. The van der Waals surface area contributed by atoms with E-state index in [1.165, 1.54) is 7.05 Å². The molecular formula is C5H11NO2S. The van der Waals surface area contributed by atoms with Crippen LogP contribution in [0, 0.1) is 0 Å². The molecule has 0 unspecified atom stereocenters. The van der Waals surface area contributed by atoms with E-state index in [4.69, 9.17) is 0 Å². The molecule has 2 N–H and O–H groups in total. The molecule has 0 aromatic heterocycles. The number of carbonyl (C=O) groups excluding carboxylic acids is 1. The maximum absolute atomic E-state index is 10.0. The molecule has 0 aliphatic rings. The van der Waals surface area contributed by atoms with E-state index in [2.05, 4.69) is 22.7 Å². The first-order valence-corrected chi connectivity index (χ1v) is 2.98. The fraction of sp³-hybridized carbons (Fsp3) is 0.600. The molecule has 0 radical (unpaired) electrons. The second-order valence-corrected chi connectivity index (χ2v) is 1.11. The second-order valence-electron chi connectivity index (χ2n) is 0.870. The Balaban J connectivity index is 0. The first kappa shape index (κ1) is 11.3. The smallest absolute Gasteiger partial charge is 0.341 e. The van der Waals surface area contributed by atoms with E-state index in [1.807, 2.05) is 0 Å². The quantitative estimate of drug-likeness (QED) is 0.447. The van der Waals surface area contributed by atoms with E-state index in [-0.39, 0.29) is 0 Å². The van der Waals surface area contributed by atoms with E-state index >= 15 is 0 Å². The molecule has 0 fully saturated rings. The average molecular weight is 149 g/mol. The van der Waals surface area contributed by atoms with Gasteiger partial charge in [0.1, 0.15) is 0 Å². The molecule has 0 saturated carbocycles. The highest BCUT2D eigenvalue weighted by atomic mass is 32.1. The number of nitrogens with two attached hydrogens (primary N) is 1. The van der Waals surface area contributed by atoms with Crippen molar-refractivity contribution in [3.8, 4) is 0 Å². The van der Waals surface area contributed by atoms with Crippen LogP contribution in [-0.2, 0) is 9.53 Å². The molecule has 4 heteroatoms. The van der Waals surface area contributed by atoms with Crippen LogP contribution in [-0.4, -0.2) is 25.0 Å². The Morgan fingerprint density at radius 1 is 1.78 bits per heavy atom. The zero-order valence-electron chi connectivity index (χ0n) is 5.59. The molecule has 0 bridgehead atoms. The van der Waals surface area contributed by atoms with E-state index in [1.54, 1.807) is 6.92 Å². The van der Waals surface area contributed by atoms with E-state index in [0.717, 1.165) is 5.37 Å². The second kappa shape index (κ2) is 10.5. The van der Waals surface area contributed by atoms with Crippen molar-refractivity contribution in [2.75, 3.05) is 13.7 Å². The number of ether oxygens (including phenoxy) is 1. The molecule has 0 atom stereocenters. The van der Waals surface area contributed by atoms with Crippen LogP contribution in [0.25, 0.3) is 0 Å². The summed E-state index contributed by atoms with van der Waals surface area (Å²) in [7, 11) is 1.50. The Morgan fingerprint density at radius 3 is 2.33 bits per heavy atom. The van der Waals surface area contributed by atoms with Crippen molar-refractivity contribution in [3.63, 3.8) is 0 Å². The van der Waals surface area contributed by atoms with Gasteiger partial charge in [-0.25, -0.2) is 4.79 Å². The zero-order valence-corrected chi connectivity index (χ0v) is 6.40. The van der Waals surface area contributed by atoms with E-state index in [0.29, 0.717) is 6.61 Å². The van der Waals surface area contributed by atoms with Gasteiger partial charge in [0.15, 0.2) is 0 Å². The lowest BCUT2D eigenvalue weighted by Gasteiger charge is -1.89. The van der Waals surface area contributed by atoms with Crippen molar-refractivity contribution in [2.24, 2.45) is 5.73 Å². The minimum absolute atomic E-state index is 0.395. The van der Waals surface area contributed by atoms with Gasteiger partial charge >= 0.3 is 5.97 Å². The van der Waals surface area contributed by atoms with Crippen molar-refractivity contribution in [1.29, 1.82) is 0 Å². The first-order valence-electron chi connectivity index (χ1n) is 2.51. The summed E-state index contributed by atoms with van der Waals surface area (Å²) >= 11 is 4.24. The van der Waals surface area contributed by atoms with Crippen LogP contribution in [0.3, 0.4) is 0 Å². The molecular weight excluding hydrogens is 138 g/mol. The average Bonchev–Trinajstić information content (AvgIpc) is 1.93. The highest BCUT2D eigenvalue weighted by Gasteiger charge is 1.88. The molecule has 9 heavy (non-hydrogen) atoms. The number of thiocarbonyl (C=S) groups is 1.